The van der Waals surface area contributed by atoms with Gasteiger partial charge in [0.2, 0.25) is 11.8 Å². The molecule has 0 spiro atoms. The number of allylic oxidation sites excluding steroid dienone is 2. The quantitative estimate of drug-likeness (QED) is 0.368. The van der Waals surface area contributed by atoms with E-state index in [9.17, 15) is 19.7 Å². The highest BCUT2D eigenvalue weighted by Gasteiger charge is 2.46. The number of carbonyl (C=O) groups excluding carboxylic acids is 2. The van der Waals surface area contributed by atoms with Gasteiger partial charge in [0.1, 0.15) is 0 Å². The second kappa shape index (κ2) is 5.12. The molecule has 0 N–H and O–H groups in total. The molecule has 1 aromatic carbocycles. The summed E-state index contributed by atoms with van der Waals surface area (Å²) >= 11 is 0. The number of carbonyl (C=O) groups is 2. The fourth-order valence-electron chi connectivity index (χ4n) is 2.93. The Morgan fingerprint density at radius 3 is 2.05 bits per heavy atom. The van der Waals surface area contributed by atoms with Crippen LogP contribution in [0.15, 0.2) is 36.4 Å². The van der Waals surface area contributed by atoms with Crippen molar-refractivity contribution >= 4 is 17.5 Å². The Morgan fingerprint density at radius 1 is 1.05 bits per heavy atom. The molecule has 0 unspecified atom stereocenters. The molecular formula is C15H14N2O4. The van der Waals surface area contributed by atoms with Crippen LogP contribution in [0.4, 0.5) is 5.69 Å². The highest BCUT2D eigenvalue weighted by Crippen LogP contribution is 2.35. The van der Waals surface area contributed by atoms with Gasteiger partial charge in [0.05, 0.1) is 23.3 Å². The Morgan fingerprint density at radius 2 is 1.57 bits per heavy atom. The lowest BCUT2D eigenvalue weighted by Gasteiger charge is -2.14. The third kappa shape index (κ3) is 2.33. The molecule has 1 fully saturated rings. The molecule has 2 atom stereocenters. The summed E-state index contributed by atoms with van der Waals surface area (Å²) < 4.78 is 0. The Bertz CT molecular complexity index is 610. The van der Waals surface area contributed by atoms with Crippen molar-refractivity contribution in [1.29, 1.82) is 0 Å². The van der Waals surface area contributed by atoms with Gasteiger partial charge in [-0.2, -0.15) is 0 Å². The summed E-state index contributed by atoms with van der Waals surface area (Å²) in [6, 6.07) is 5.93. The first-order valence-corrected chi connectivity index (χ1v) is 6.81. The summed E-state index contributed by atoms with van der Waals surface area (Å²) in [5, 5.41) is 10.6. The molecule has 21 heavy (non-hydrogen) atoms. The summed E-state index contributed by atoms with van der Waals surface area (Å²) in [5.41, 5.74) is 0.713. The van der Waals surface area contributed by atoms with Crippen LogP contribution in [0.25, 0.3) is 0 Å². The maximum atomic E-state index is 12.3. The number of non-ortho nitro benzene ring substituents is 1. The van der Waals surface area contributed by atoms with Crippen molar-refractivity contribution < 1.29 is 14.5 Å². The zero-order valence-corrected chi connectivity index (χ0v) is 11.3. The molecule has 1 aliphatic carbocycles. The standard InChI is InChI=1S/C15H14N2O4/c18-14-12-3-1-2-4-13(12)15(19)16(14)9-10-5-7-11(8-6-10)17(20)21/h1-2,5-8,12-13H,3-4,9H2/t12-,13-/m0/s1. The Hall–Kier alpha value is -2.50. The molecule has 3 rings (SSSR count). The molecule has 0 saturated carbocycles. The number of amides is 2. The van der Waals surface area contributed by atoms with Crippen LogP contribution in [-0.4, -0.2) is 21.6 Å². The molecule has 0 radical (unpaired) electrons. The molecule has 1 aromatic rings. The van der Waals surface area contributed by atoms with E-state index in [4.69, 9.17) is 0 Å². The van der Waals surface area contributed by atoms with E-state index in [0.717, 1.165) is 0 Å². The maximum absolute atomic E-state index is 12.3. The first kappa shape index (κ1) is 13.5. The average molecular weight is 286 g/mol. The summed E-state index contributed by atoms with van der Waals surface area (Å²) in [6.07, 6.45) is 5.13. The van der Waals surface area contributed by atoms with Crippen molar-refractivity contribution in [2.45, 2.75) is 19.4 Å². The number of hydrogen-bond acceptors (Lipinski definition) is 4. The first-order chi connectivity index (χ1) is 10.1. The monoisotopic (exact) mass is 286 g/mol. The maximum Gasteiger partial charge on any atom is 0.269 e. The van der Waals surface area contributed by atoms with Gasteiger partial charge >= 0.3 is 0 Å². The van der Waals surface area contributed by atoms with Crippen molar-refractivity contribution in [3.63, 3.8) is 0 Å². The summed E-state index contributed by atoms with van der Waals surface area (Å²) in [7, 11) is 0. The largest absolute Gasteiger partial charge is 0.278 e. The second-order valence-electron chi connectivity index (χ2n) is 5.34. The number of nitro groups is 1. The van der Waals surface area contributed by atoms with E-state index >= 15 is 0 Å². The van der Waals surface area contributed by atoms with Crippen molar-refractivity contribution in [2.24, 2.45) is 11.8 Å². The van der Waals surface area contributed by atoms with Gasteiger partial charge in [-0.05, 0) is 18.4 Å². The SMILES string of the molecule is O=C1[C@H]2CC=CC[C@@H]2C(=O)N1Cc1ccc([N+](=O)[O-])cc1. The average Bonchev–Trinajstić information content (AvgIpc) is 2.73. The lowest BCUT2D eigenvalue weighted by molar-refractivity contribution is -0.384. The molecule has 1 saturated heterocycles. The van der Waals surface area contributed by atoms with Gasteiger partial charge in [-0.1, -0.05) is 24.3 Å². The van der Waals surface area contributed by atoms with E-state index in [-0.39, 0.29) is 35.9 Å². The molecular weight excluding hydrogens is 272 g/mol. The molecule has 6 heteroatoms. The van der Waals surface area contributed by atoms with Gasteiger partial charge in [0.15, 0.2) is 0 Å². The number of nitrogens with zero attached hydrogens (tertiary/aromatic N) is 2. The van der Waals surface area contributed by atoms with E-state index in [2.05, 4.69) is 0 Å². The number of rotatable bonds is 3. The van der Waals surface area contributed by atoms with Gasteiger partial charge in [0, 0.05) is 12.1 Å². The van der Waals surface area contributed by atoms with Crippen molar-refractivity contribution in [3.8, 4) is 0 Å². The molecule has 1 heterocycles. The highest BCUT2D eigenvalue weighted by molar-refractivity contribution is 6.05. The van der Waals surface area contributed by atoms with Crippen LogP contribution in [0, 0.1) is 22.0 Å². The number of fused-ring (bicyclic) bond motifs is 1. The van der Waals surface area contributed by atoms with Crippen LogP contribution in [0.3, 0.4) is 0 Å². The molecule has 1 aliphatic heterocycles. The third-order valence-corrected chi connectivity index (χ3v) is 4.09. The minimum absolute atomic E-state index is 0.00399. The molecule has 2 aliphatic rings. The highest BCUT2D eigenvalue weighted by atomic mass is 16.6. The summed E-state index contributed by atoms with van der Waals surface area (Å²) in [4.78, 5) is 36.0. The Balaban J connectivity index is 1.77. The van der Waals surface area contributed by atoms with E-state index in [1.165, 1.54) is 17.0 Å². The molecule has 6 nitrogen and oxygen atoms in total. The van der Waals surface area contributed by atoms with Crippen molar-refractivity contribution in [2.75, 3.05) is 0 Å². The number of hydrogen-bond donors (Lipinski definition) is 0. The smallest absolute Gasteiger partial charge is 0.269 e. The number of imide groups is 1. The van der Waals surface area contributed by atoms with Crippen LogP contribution in [-0.2, 0) is 16.1 Å². The zero-order valence-electron chi connectivity index (χ0n) is 11.3. The van der Waals surface area contributed by atoms with E-state index in [0.29, 0.717) is 18.4 Å². The number of nitro benzene ring substituents is 1. The van der Waals surface area contributed by atoms with Crippen LogP contribution in [0.2, 0.25) is 0 Å². The second-order valence-corrected chi connectivity index (χ2v) is 5.34. The fourth-order valence-corrected chi connectivity index (χ4v) is 2.93. The van der Waals surface area contributed by atoms with Crippen LogP contribution >= 0.6 is 0 Å². The van der Waals surface area contributed by atoms with Crippen molar-refractivity contribution in [1.82, 2.24) is 4.90 Å². The minimum atomic E-state index is -0.476. The lowest BCUT2D eigenvalue weighted by Crippen LogP contribution is -2.30. The van der Waals surface area contributed by atoms with E-state index in [1.807, 2.05) is 12.2 Å². The fraction of sp³-hybridized carbons (Fsp3) is 0.333. The Labute approximate surface area is 121 Å². The zero-order chi connectivity index (χ0) is 15.0. The third-order valence-electron chi connectivity index (χ3n) is 4.09. The van der Waals surface area contributed by atoms with Crippen LogP contribution in [0.1, 0.15) is 18.4 Å². The normalized spacial score (nSPS) is 24.3. The van der Waals surface area contributed by atoms with Gasteiger partial charge in [-0.15, -0.1) is 0 Å². The lowest BCUT2D eigenvalue weighted by atomic mass is 9.85. The van der Waals surface area contributed by atoms with Gasteiger partial charge in [0.25, 0.3) is 5.69 Å². The predicted octanol–water partition coefficient (Wildman–Crippen LogP) is 2.05. The first-order valence-electron chi connectivity index (χ1n) is 6.81. The van der Waals surface area contributed by atoms with E-state index in [1.54, 1.807) is 12.1 Å². The molecule has 0 aromatic heterocycles. The topological polar surface area (TPSA) is 80.5 Å². The molecule has 2 amide bonds. The van der Waals surface area contributed by atoms with Gasteiger partial charge < -0.3 is 0 Å². The van der Waals surface area contributed by atoms with E-state index < -0.39 is 4.92 Å². The molecule has 0 bridgehead atoms. The van der Waals surface area contributed by atoms with Crippen molar-refractivity contribution in [3.05, 3.63) is 52.1 Å². The number of likely N-dealkylation sites (tertiary alicyclic amines) is 1. The van der Waals surface area contributed by atoms with Crippen LogP contribution in [0.5, 0.6) is 0 Å². The summed E-state index contributed by atoms with van der Waals surface area (Å²) in [6.45, 7) is 0.183. The van der Waals surface area contributed by atoms with Crippen LogP contribution < -0.4 is 0 Å². The van der Waals surface area contributed by atoms with Gasteiger partial charge in [-0.25, -0.2) is 0 Å². The Kier molecular flexibility index (Phi) is 3.29. The molecule has 108 valence electrons. The predicted molar refractivity (Wildman–Crippen MR) is 74.0 cm³/mol. The van der Waals surface area contributed by atoms with Gasteiger partial charge in [-0.3, -0.25) is 24.6 Å². The number of benzene rings is 1. The minimum Gasteiger partial charge on any atom is -0.278 e. The summed E-state index contributed by atoms with van der Waals surface area (Å²) in [5.74, 6) is -0.735.